The van der Waals surface area contributed by atoms with Crippen LogP contribution in [0.2, 0.25) is 0 Å². The maximum absolute atomic E-state index is 13.0. The molecule has 2 fully saturated rings. The average Bonchev–Trinajstić information content (AvgIpc) is 2.80. The largest absolute Gasteiger partial charge is 0.361 e. The van der Waals surface area contributed by atoms with E-state index in [-0.39, 0.29) is 11.4 Å². The first-order valence-corrected chi connectivity index (χ1v) is 11.1. The van der Waals surface area contributed by atoms with Gasteiger partial charge in [0.2, 0.25) is 0 Å². The number of carbonyl (C=O) groups is 1. The Hall–Kier alpha value is -1.40. The van der Waals surface area contributed by atoms with Gasteiger partial charge in [-0.3, -0.25) is 9.69 Å². The smallest absolute Gasteiger partial charge is 0.274 e. The molecule has 1 N–H and O–H groups in total. The lowest BCUT2D eigenvalue weighted by molar-refractivity contribution is 0.0852. The maximum Gasteiger partial charge on any atom is 0.274 e. The average molecular weight is 391 g/mol. The van der Waals surface area contributed by atoms with Crippen molar-refractivity contribution >= 4 is 5.91 Å². The van der Waals surface area contributed by atoms with Gasteiger partial charge in [0.05, 0.1) is 0 Å². The molecule has 6 heteroatoms. The van der Waals surface area contributed by atoms with Gasteiger partial charge in [-0.15, -0.1) is 0 Å². The van der Waals surface area contributed by atoms with Gasteiger partial charge in [-0.05, 0) is 72.0 Å². The standard InChI is InChI=1S/C22H38N4O2/c1-17-10-9-13-26(14-17)16-22(3,4)23-21(27)20-19(18(2)28-24-20)15-25-11-7-5-6-8-12-25/h17H,5-16H2,1-4H3,(H,23,27). The van der Waals surface area contributed by atoms with Gasteiger partial charge in [-0.2, -0.15) is 0 Å². The summed E-state index contributed by atoms with van der Waals surface area (Å²) in [7, 11) is 0. The molecular weight excluding hydrogens is 352 g/mol. The molecule has 1 atom stereocenters. The van der Waals surface area contributed by atoms with Gasteiger partial charge in [0.1, 0.15) is 5.76 Å². The van der Waals surface area contributed by atoms with Crippen LogP contribution in [0.25, 0.3) is 0 Å². The van der Waals surface area contributed by atoms with Gasteiger partial charge in [-0.1, -0.05) is 24.9 Å². The van der Waals surface area contributed by atoms with E-state index >= 15 is 0 Å². The molecule has 0 saturated carbocycles. The van der Waals surface area contributed by atoms with Crippen molar-refractivity contribution in [2.24, 2.45) is 5.92 Å². The summed E-state index contributed by atoms with van der Waals surface area (Å²) in [5, 5.41) is 7.34. The first-order chi connectivity index (χ1) is 13.3. The van der Waals surface area contributed by atoms with Gasteiger partial charge in [0.25, 0.3) is 5.91 Å². The highest BCUT2D eigenvalue weighted by Crippen LogP contribution is 2.21. The topological polar surface area (TPSA) is 61.6 Å². The van der Waals surface area contributed by atoms with Crippen LogP contribution in [0.15, 0.2) is 4.52 Å². The minimum absolute atomic E-state index is 0.114. The number of nitrogens with one attached hydrogen (secondary N) is 1. The number of likely N-dealkylation sites (tertiary alicyclic amines) is 2. The Labute approximate surface area is 170 Å². The summed E-state index contributed by atoms with van der Waals surface area (Å²) < 4.78 is 5.42. The lowest BCUT2D eigenvalue weighted by Gasteiger charge is -2.37. The molecule has 0 bridgehead atoms. The Morgan fingerprint density at radius 3 is 2.50 bits per heavy atom. The van der Waals surface area contributed by atoms with E-state index in [1.165, 1.54) is 38.5 Å². The van der Waals surface area contributed by atoms with Crippen LogP contribution in [0.1, 0.15) is 81.1 Å². The molecule has 1 aromatic heterocycles. The fourth-order valence-electron chi connectivity index (χ4n) is 4.67. The fourth-order valence-corrected chi connectivity index (χ4v) is 4.67. The van der Waals surface area contributed by atoms with E-state index in [1.54, 1.807) is 0 Å². The number of aryl methyl sites for hydroxylation is 1. The molecule has 28 heavy (non-hydrogen) atoms. The number of hydrogen-bond acceptors (Lipinski definition) is 5. The van der Waals surface area contributed by atoms with Crippen LogP contribution >= 0.6 is 0 Å². The molecule has 158 valence electrons. The zero-order valence-electron chi connectivity index (χ0n) is 18.2. The molecule has 0 aromatic carbocycles. The van der Waals surface area contributed by atoms with Crippen molar-refractivity contribution in [1.29, 1.82) is 0 Å². The van der Waals surface area contributed by atoms with Crippen molar-refractivity contribution in [2.45, 2.75) is 78.3 Å². The van der Waals surface area contributed by atoms with Crippen LogP contribution in [-0.2, 0) is 6.54 Å². The summed E-state index contributed by atoms with van der Waals surface area (Å²) >= 11 is 0. The molecule has 1 aromatic rings. The van der Waals surface area contributed by atoms with Crippen LogP contribution in [-0.4, -0.2) is 59.1 Å². The van der Waals surface area contributed by atoms with Crippen LogP contribution in [0.5, 0.6) is 0 Å². The Balaban J connectivity index is 1.63. The van der Waals surface area contributed by atoms with Gasteiger partial charge in [0, 0.05) is 30.7 Å². The normalized spacial score (nSPS) is 22.8. The maximum atomic E-state index is 13.0. The van der Waals surface area contributed by atoms with Gasteiger partial charge in [0.15, 0.2) is 5.69 Å². The third-order valence-electron chi connectivity index (χ3n) is 6.09. The Kier molecular flexibility index (Phi) is 7.15. The molecule has 3 heterocycles. The van der Waals surface area contributed by atoms with Crippen LogP contribution < -0.4 is 5.32 Å². The molecule has 6 nitrogen and oxygen atoms in total. The second kappa shape index (κ2) is 9.40. The first kappa shape index (κ1) is 21.3. The summed E-state index contributed by atoms with van der Waals surface area (Å²) in [5.74, 6) is 1.38. The predicted molar refractivity (Wildman–Crippen MR) is 111 cm³/mol. The van der Waals surface area contributed by atoms with E-state index in [0.717, 1.165) is 56.5 Å². The van der Waals surface area contributed by atoms with E-state index in [0.29, 0.717) is 5.69 Å². The van der Waals surface area contributed by atoms with Crippen molar-refractivity contribution in [2.75, 3.05) is 32.7 Å². The number of nitrogens with zero attached hydrogens (tertiary/aromatic N) is 3. The number of amides is 1. The Morgan fingerprint density at radius 2 is 1.82 bits per heavy atom. The number of rotatable bonds is 6. The minimum Gasteiger partial charge on any atom is -0.361 e. The van der Waals surface area contributed by atoms with Crippen molar-refractivity contribution in [3.8, 4) is 0 Å². The van der Waals surface area contributed by atoms with Crippen LogP contribution in [0.3, 0.4) is 0 Å². The predicted octanol–water partition coefficient (Wildman–Crippen LogP) is 3.60. The lowest BCUT2D eigenvalue weighted by Crippen LogP contribution is -2.53. The third-order valence-corrected chi connectivity index (χ3v) is 6.09. The molecule has 2 saturated heterocycles. The van der Waals surface area contributed by atoms with Gasteiger partial charge < -0.3 is 14.7 Å². The Morgan fingerprint density at radius 1 is 1.14 bits per heavy atom. The summed E-state index contributed by atoms with van der Waals surface area (Å²) in [6.07, 6.45) is 7.61. The molecule has 0 spiro atoms. The van der Waals surface area contributed by atoms with Gasteiger partial charge >= 0.3 is 0 Å². The molecule has 0 aliphatic carbocycles. The summed E-state index contributed by atoms with van der Waals surface area (Å²) in [4.78, 5) is 17.9. The van der Waals surface area contributed by atoms with Crippen molar-refractivity contribution < 1.29 is 9.32 Å². The molecule has 2 aliphatic rings. The van der Waals surface area contributed by atoms with E-state index in [2.05, 4.69) is 41.0 Å². The van der Waals surface area contributed by atoms with Crippen molar-refractivity contribution in [3.05, 3.63) is 17.0 Å². The molecule has 1 amide bonds. The van der Waals surface area contributed by atoms with Crippen LogP contribution in [0.4, 0.5) is 0 Å². The van der Waals surface area contributed by atoms with E-state index < -0.39 is 0 Å². The minimum atomic E-state index is -0.305. The summed E-state index contributed by atoms with van der Waals surface area (Å²) in [6, 6.07) is 0. The van der Waals surface area contributed by atoms with Crippen molar-refractivity contribution in [3.63, 3.8) is 0 Å². The molecule has 1 unspecified atom stereocenters. The first-order valence-electron chi connectivity index (χ1n) is 11.1. The monoisotopic (exact) mass is 390 g/mol. The SMILES string of the molecule is Cc1onc(C(=O)NC(C)(C)CN2CCCC(C)C2)c1CN1CCCCCC1. The van der Waals surface area contributed by atoms with E-state index in [9.17, 15) is 4.79 Å². The van der Waals surface area contributed by atoms with E-state index in [4.69, 9.17) is 4.52 Å². The number of hydrogen-bond donors (Lipinski definition) is 1. The zero-order chi connectivity index (χ0) is 20.1. The quantitative estimate of drug-likeness (QED) is 0.804. The summed E-state index contributed by atoms with van der Waals surface area (Å²) in [5.41, 5.74) is 1.10. The zero-order valence-corrected chi connectivity index (χ0v) is 18.2. The van der Waals surface area contributed by atoms with E-state index in [1.807, 2.05) is 6.92 Å². The fraction of sp³-hybridized carbons (Fsp3) is 0.818. The third kappa shape index (κ3) is 5.80. The second-order valence-corrected chi connectivity index (χ2v) is 9.58. The van der Waals surface area contributed by atoms with Crippen LogP contribution in [0, 0.1) is 12.8 Å². The molecule has 2 aliphatic heterocycles. The van der Waals surface area contributed by atoms with Gasteiger partial charge in [-0.25, -0.2) is 0 Å². The number of piperidine rings is 1. The summed E-state index contributed by atoms with van der Waals surface area (Å²) in [6.45, 7) is 14.5. The highest BCUT2D eigenvalue weighted by molar-refractivity contribution is 5.94. The highest BCUT2D eigenvalue weighted by atomic mass is 16.5. The molecular formula is C22H38N4O2. The molecule has 0 radical (unpaired) electrons. The van der Waals surface area contributed by atoms with Crippen molar-refractivity contribution in [1.82, 2.24) is 20.3 Å². The number of aromatic nitrogens is 1. The second-order valence-electron chi connectivity index (χ2n) is 9.58. The highest BCUT2D eigenvalue weighted by Gasteiger charge is 2.30. The molecule has 3 rings (SSSR count). The Bertz CT molecular complexity index is 647. The lowest BCUT2D eigenvalue weighted by atomic mass is 9.97. The number of carbonyl (C=O) groups excluding carboxylic acids is 1.